The molecule has 0 aliphatic carbocycles. The maximum absolute atomic E-state index is 2.43. The van der Waals surface area contributed by atoms with Gasteiger partial charge in [-0.25, -0.2) is 0 Å². The topological polar surface area (TPSA) is 3.24 Å². The summed E-state index contributed by atoms with van der Waals surface area (Å²) in [5.74, 6) is 2.90. The van der Waals surface area contributed by atoms with E-state index >= 15 is 0 Å². The maximum Gasteiger partial charge on any atom is 0.0382 e. The van der Waals surface area contributed by atoms with E-state index in [1.807, 2.05) is 0 Å². The van der Waals surface area contributed by atoms with Crippen molar-refractivity contribution in [3.63, 3.8) is 0 Å². The standard InChI is InChI=1S/C23H43N/c1-11-13-14-22(23(17(3)4)24(9)10)21(8)20(7)16-19(6)15-18(5)12-2/h11,13-14,18-21H,12,15-16H2,1-10H3/b13-11-,22-14+. The second kappa shape index (κ2) is 11.6. The molecule has 0 rings (SSSR count). The number of nitrogens with zero attached hydrogens (tertiary/aromatic N) is 1. The number of rotatable bonds is 10. The Bertz CT molecular complexity index is 435. The molecular formula is C23H43N. The smallest absolute Gasteiger partial charge is 0.0382 e. The molecule has 1 heteroatoms. The van der Waals surface area contributed by atoms with Gasteiger partial charge in [-0.2, -0.15) is 0 Å². The lowest BCUT2D eigenvalue weighted by Crippen LogP contribution is -2.22. The van der Waals surface area contributed by atoms with E-state index in [9.17, 15) is 0 Å². The second-order valence-corrected chi connectivity index (χ2v) is 8.25. The zero-order valence-corrected chi connectivity index (χ0v) is 18.1. The van der Waals surface area contributed by atoms with Crippen molar-refractivity contribution in [1.82, 2.24) is 4.90 Å². The molecule has 0 fully saturated rings. The highest BCUT2D eigenvalue weighted by molar-refractivity contribution is 5.37. The second-order valence-electron chi connectivity index (χ2n) is 8.25. The average Bonchev–Trinajstić information content (AvgIpc) is 2.49. The van der Waals surface area contributed by atoms with Crippen LogP contribution in [-0.2, 0) is 0 Å². The van der Waals surface area contributed by atoms with E-state index in [-0.39, 0.29) is 0 Å². The first-order valence-corrected chi connectivity index (χ1v) is 9.83. The molecule has 1 nitrogen and oxygen atoms in total. The van der Waals surface area contributed by atoms with Crippen LogP contribution in [0.2, 0.25) is 0 Å². The summed E-state index contributed by atoms with van der Waals surface area (Å²) in [5.41, 5.74) is 4.26. The molecule has 0 saturated heterocycles. The quantitative estimate of drug-likeness (QED) is 0.386. The van der Waals surface area contributed by atoms with Gasteiger partial charge in [0, 0.05) is 19.8 Å². The fourth-order valence-corrected chi connectivity index (χ4v) is 3.74. The zero-order chi connectivity index (χ0) is 18.9. The van der Waals surface area contributed by atoms with Crippen LogP contribution in [0.1, 0.15) is 74.7 Å². The minimum absolute atomic E-state index is 0.563. The first-order chi connectivity index (χ1) is 11.1. The Morgan fingerprint density at radius 2 is 1.54 bits per heavy atom. The SMILES string of the molecule is C/C=C\C=C(\C(=C(C)C)N(C)C)C(C)C(C)CC(C)CC(C)CC. The van der Waals surface area contributed by atoms with E-state index < -0.39 is 0 Å². The van der Waals surface area contributed by atoms with Crippen molar-refractivity contribution in [3.05, 3.63) is 35.1 Å². The Balaban J connectivity index is 5.33. The molecule has 140 valence electrons. The molecule has 0 bridgehead atoms. The zero-order valence-electron chi connectivity index (χ0n) is 18.1. The van der Waals surface area contributed by atoms with E-state index in [0.29, 0.717) is 11.8 Å². The van der Waals surface area contributed by atoms with Crippen LogP contribution in [-0.4, -0.2) is 19.0 Å². The van der Waals surface area contributed by atoms with Crippen LogP contribution < -0.4 is 0 Å². The predicted octanol–water partition coefficient (Wildman–Crippen LogP) is 7.08. The first kappa shape index (κ1) is 23.0. The molecule has 4 atom stereocenters. The van der Waals surface area contributed by atoms with Crippen LogP contribution in [0, 0.1) is 23.7 Å². The average molecular weight is 334 g/mol. The number of hydrogen-bond acceptors (Lipinski definition) is 1. The monoisotopic (exact) mass is 333 g/mol. The van der Waals surface area contributed by atoms with Gasteiger partial charge in [0.25, 0.3) is 0 Å². The maximum atomic E-state index is 2.43. The number of likely N-dealkylation sites (N-methyl/N-ethyl adjacent to an activating group) is 1. The molecule has 0 heterocycles. The minimum atomic E-state index is 0.563. The molecule has 0 spiro atoms. The van der Waals surface area contributed by atoms with E-state index in [1.165, 1.54) is 36.1 Å². The summed E-state index contributed by atoms with van der Waals surface area (Å²) in [5, 5.41) is 0. The van der Waals surface area contributed by atoms with Crippen LogP contribution in [0.5, 0.6) is 0 Å². The van der Waals surface area contributed by atoms with Gasteiger partial charge in [-0.1, -0.05) is 64.8 Å². The van der Waals surface area contributed by atoms with E-state index in [0.717, 1.165) is 11.8 Å². The fourth-order valence-electron chi connectivity index (χ4n) is 3.74. The van der Waals surface area contributed by atoms with Crippen LogP contribution in [0.15, 0.2) is 35.1 Å². The van der Waals surface area contributed by atoms with Gasteiger partial charge in [0.2, 0.25) is 0 Å². The molecule has 4 unspecified atom stereocenters. The summed E-state index contributed by atoms with van der Waals surface area (Å²) in [7, 11) is 4.32. The van der Waals surface area contributed by atoms with Crippen LogP contribution in [0.3, 0.4) is 0 Å². The Kier molecular flexibility index (Phi) is 11.1. The highest BCUT2D eigenvalue weighted by Crippen LogP contribution is 2.34. The largest absolute Gasteiger partial charge is 0.377 e. The van der Waals surface area contributed by atoms with Crippen LogP contribution >= 0.6 is 0 Å². The molecule has 0 radical (unpaired) electrons. The summed E-state index contributed by atoms with van der Waals surface area (Å²) in [6.45, 7) is 18.5. The molecule has 0 saturated carbocycles. The molecule has 24 heavy (non-hydrogen) atoms. The molecule has 0 amide bonds. The normalized spacial score (nSPS) is 17.5. The van der Waals surface area contributed by atoms with Crippen molar-refractivity contribution >= 4 is 0 Å². The highest BCUT2D eigenvalue weighted by Gasteiger charge is 2.23. The predicted molar refractivity (Wildman–Crippen MR) is 111 cm³/mol. The molecule has 0 aliphatic heterocycles. The minimum Gasteiger partial charge on any atom is -0.377 e. The van der Waals surface area contributed by atoms with Crippen molar-refractivity contribution in [1.29, 1.82) is 0 Å². The summed E-state index contributed by atoms with van der Waals surface area (Å²) in [4.78, 5) is 2.27. The number of allylic oxidation sites excluding steroid dienone is 5. The lowest BCUT2D eigenvalue weighted by Gasteiger charge is -2.31. The van der Waals surface area contributed by atoms with Crippen molar-refractivity contribution in [2.45, 2.75) is 74.7 Å². The van der Waals surface area contributed by atoms with Crippen molar-refractivity contribution in [3.8, 4) is 0 Å². The number of hydrogen-bond donors (Lipinski definition) is 0. The molecule has 0 aromatic carbocycles. The molecule has 0 aromatic rings. The van der Waals surface area contributed by atoms with Crippen LogP contribution in [0.25, 0.3) is 0 Å². The molecular weight excluding hydrogens is 290 g/mol. The van der Waals surface area contributed by atoms with Gasteiger partial charge in [-0.3, -0.25) is 0 Å². The van der Waals surface area contributed by atoms with Crippen molar-refractivity contribution in [2.75, 3.05) is 14.1 Å². The van der Waals surface area contributed by atoms with Gasteiger partial charge in [-0.15, -0.1) is 0 Å². The lowest BCUT2D eigenvalue weighted by atomic mass is 9.79. The third-order valence-electron chi connectivity index (χ3n) is 5.28. The highest BCUT2D eigenvalue weighted by atomic mass is 15.1. The van der Waals surface area contributed by atoms with E-state index in [4.69, 9.17) is 0 Å². The Labute approximate surface area is 152 Å². The summed E-state index contributed by atoms with van der Waals surface area (Å²) >= 11 is 0. The summed E-state index contributed by atoms with van der Waals surface area (Å²) < 4.78 is 0. The van der Waals surface area contributed by atoms with Gasteiger partial charge in [0.1, 0.15) is 0 Å². The van der Waals surface area contributed by atoms with E-state index in [2.05, 4.69) is 92.6 Å². The van der Waals surface area contributed by atoms with Gasteiger partial charge in [0.15, 0.2) is 0 Å². The lowest BCUT2D eigenvalue weighted by molar-refractivity contribution is 0.298. The first-order valence-electron chi connectivity index (χ1n) is 9.83. The fraction of sp³-hybridized carbons (Fsp3) is 0.739. The van der Waals surface area contributed by atoms with Crippen molar-refractivity contribution < 1.29 is 0 Å². The Morgan fingerprint density at radius 3 is 1.96 bits per heavy atom. The molecule has 0 aliphatic rings. The Hall–Kier alpha value is -0.980. The van der Waals surface area contributed by atoms with Gasteiger partial charge in [-0.05, 0) is 62.9 Å². The third kappa shape index (κ3) is 7.73. The molecule has 0 aromatic heterocycles. The van der Waals surface area contributed by atoms with Crippen molar-refractivity contribution in [2.24, 2.45) is 23.7 Å². The van der Waals surface area contributed by atoms with Gasteiger partial charge in [0.05, 0.1) is 0 Å². The van der Waals surface area contributed by atoms with Gasteiger partial charge >= 0.3 is 0 Å². The summed E-state index contributed by atoms with van der Waals surface area (Å²) in [6.07, 6.45) is 10.6. The third-order valence-corrected chi connectivity index (χ3v) is 5.28. The van der Waals surface area contributed by atoms with E-state index in [1.54, 1.807) is 0 Å². The Morgan fingerprint density at radius 1 is 0.958 bits per heavy atom. The summed E-state index contributed by atoms with van der Waals surface area (Å²) in [6, 6.07) is 0. The van der Waals surface area contributed by atoms with Gasteiger partial charge < -0.3 is 4.90 Å². The molecule has 0 N–H and O–H groups in total. The van der Waals surface area contributed by atoms with Crippen LogP contribution in [0.4, 0.5) is 0 Å².